The second kappa shape index (κ2) is 14.1. The van der Waals surface area contributed by atoms with E-state index in [0.717, 1.165) is 33.9 Å². The summed E-state index contributed by atoms with van der Waals surface area (Å²) in [5.41, 5.74) is 1.38. The number of fused-ring (bicyclic) bond motifs is 1. The lowest BCUT2D eigenvalue weighted by atomic mass is 9.85. The summed E-state index contributed by atoms with van der Waals surface area (Å²) in [6, 6.07) is 3.83. The lowest BCUT2D eigenvalue weighted by Gasteiger charge is -2.36. The molecule has 39 heavy (non-hydrogen) atoms. The smallest absolute Gasteiger partial charge is 0.245 e. The number of benzene rings is 1. The number of hydrogen-bond acceptors (Lipinski definition) is 5. The molecule has 1 aromatic carbocycles. The summed E-state index contributed by atoms with van der Waals surface area (Å²) in [5.74, 6) is -0.514. The normalized spacial score (nSPS) is 17.5. The van der Waals surface area contributed by atoms with Crippen LogP contribution in [0.25, 0.3) is 10.9 Å². The van der Waals surface area contributed by atoms with Crippen molar-refractivity contribution in [1.82, 2.24) is 20.1 Å². The molecule has 1 saturated heterocycles. The van der Waals surface area contributed by atoms with Crippen molar-refractivity contribution in [2.45, 2.75) is 78.0 Å². The number of methoxy groups -OCH3 is 1. The van der Waals surface area contributed by atoms with Crippen molar-refractivity contribution in [3.05, 3.63) is 34.2 Å². The molecule has 1 fully saturated rings. The minimum absolute atomic E-state index is 0.0242. The monoisotopic (exact) mass is 610 g/mol. The van der Waals surface area contributed by atoms with Gasteiger partial charge in [-0.15, -0.1) is 0 Å². The Morgan fingerprint density at radius 2 is 1.97 bits per heavy atom. The van der Waals surface area contributed by atoms with Gasteiger partial charge < -0.3 is 29.6 Å². The third-order valence-corrected chi connectivity index (χ3v) is 8.43. The predicted octanol–water partition coefficient (Wildman–Crippen LogP) is 4.27. The number of carbonyl (C=O) groups excluding carboxylic acids is 2. The van der Waals surface area contributed by atoms with E-state index < -0.39 is 11.5 Å². The molecular formula is C29H44BrFN4O4. The Morgan fingerprint density at radius 3 is 2.62 bits per heavy atom. The zero-order valence-electron chi connectivity index (χ0n) is 24.1. The van der Waals surface area contributed by atoms with Crippen LogP contribution in [0, 0.1) is 11.2 Å². The molecule has 8 nitrogen and oxygen atoms in total. The molecule has 2 N–H and O–H groups in total. The van der Waals surface area contributed by atoms with Gasteiger partial charge in [-0.3, -0.25) is 9.59 Å². The molecule has 1 aromatic heterocycles. The van der Waals surface area contributed by atoms with Gasteiger partial charge in [-0.25, -0.2) is 4.39 Å². The molecule has 2 heterocycles. The van der Waals surface area contributed by atoms with E-state index in [-0.39, 0.29) is 29.7 Å². The molecular weight excluding hydrogens is 567 g/mol. The highest BCUT2D eigenvalue weighted by Gasteiger charge is 2.40. The first-order valence-corrected chi connectivity index (χ1v) is 14.6. The standard InChI is InChI=1S/C29H44BrFN4O4/c1-7-23(32-5)27(36)33-25(29(2,3)4)28(37)34-12-8-9-20(34)18-22-21-11-10-19(31)17-24(21)35(26(22)30)13-14-39-16-15-38-6/h10-11,17,20,23,25,32H,7-9,12-16,18H2,1-6H3,(H,33,36)/t20-,23-,25+/m0/s1. The van der Waals surface area contributed by atoms with E-state index in [1.54, 1.807) is 20.2 Å². The summed E-state index contributed by atoms with van der Waals surface area (Å²) >= 11 is 3.78. The fourth-order valence-corrected chi connectivity index (χ4v) is 6.07. The summed E-state index contributed by atoms with van der Waals surface area (Å²) in [6.45, 7) is 10.6. The van der Waals surface area contributed by atoms with E-state index in [9.17, 15) is 14.0 Å². The maximum Gasteiger partial charge on any atom is 0.245 e. The van der Waals surface area contributed by atoms with Crippen LogP contribution in [0.2, 0.25) is 0 Å². The van der Waals surface area contributed by atoms with Crippen LogP contribution < -0.4 is 10.6 Å². The number of carbonyl (C=O) groups is 2. The molecule has 2 aromatic rings. The fourth-order valence-electron chi connectivity index (χ4n) is 5.33. The van der Waals surface area contributed by atoms with Crippen molar-refractivity contribution >= 4 is 38.6 Å². The van der Waals surface area contributed by atoms with E-state index in [4.69, 9.17) is 9.47 Å². The lowest BCUT2D eigenvalue weighted by molar-refractivity contribution is -0.140. The van der Waals surface area contributed by atoms with Crippen LogP contribution in [-0.4, -0.2) is 79.9 Å². The van der Waals surface area contributed by atoms with E-state index in [2.05, 4.69) is 26.6 Å². The maximum atomic E-state index is 14.3. The molecule has 0 saturated carbocycles. The summed E-state index contributed by atoms with van der Waals surface area (Å²) in [7, 11) is 3.39. The third kappa shape index (κ3) is 7.60. The molecule has 2 amide bonds. The van der Waals surface area contributed by atoms with Gasteiger partial charge in [-0.2, -0.15) is 0 Å². The number of nitrogens with one attached hydrogen (secondary N) is 2. The molecule has 0 aliphatic carbocycles. The molecule has 3 rings (SSSR count). The van der Waals surface area contributed by atoms with E-state index in [1.807, 2.05) is 43.2 Å². The average Bonchev–Trinajstić information content (AvgIpc) is 3.45. The van der Waals surface area contributed by atoms with Gasteiger partial charge in [0.1, 0.15) is 11.9 Å². The van der Waals surface area contributed by atoms with Gasteiger partial charge in [0.2, 0.25) is 11.8 Å². The number of rotatable bonds is 13. The van der Waals surface area contributed by atoms with Crippen molar-refractivity contribution in [2.75, 3.05) is 40.5 Å². The van der Waals surface area contributed by atoms with Crippen molar-refractivity contribution in [2.24, 2.45) is 5.41 Å². The third-order valence-electron chi connectivity index (χ3n) is 7.53. The Morgan fingerprint density at radius 1 is 1.23 bits per heavy atom. The van der Waals surface area contributed by atoms with E-state index >= 15 is 0 Å². The number of halogens is 2. The first-order valence-electron chi connectivity index (χ1n) is 13.8. The number of hydrogen-bond donors (Lipinski definition) is 2. The molecule has 218 valence electrons. The number of aromatic nitrogens is 1. The van der Waals surface area contributed by atoms with Gasteiger partial charge in [0, 0.05) is 31.6 Å². The van der Waals surface area contributed by atoms with Crippen LogP contribution in [0.3, 0.4) is 0 Å². The van der Waals surface area contributed by atoms with Crippen LogP contribution in [0.1, 0.15) is 52.5 Å². The first kappa shape index (κ1) is 31.5. The minimum atomic E-state index is -0.642. The largest absolute Gasteiger partial charge is 0.382 e. The second-order valence-electron chi connectivity index (χ2n) is 11.3. The van der Waals surface area contributed by atoms with Crippen molar-refractivity contribution in [1.29, 1.82) is 0 Å². The van der Waals surface area contributed by atoms with Crippen LogP contribution >= 0.6 is 15.9 Å². The van der Waals surface area contributed by atoms with Crippen LogP contribution in [-0.2, 0) is 32.0 Å². The van der Waals surface area contributed by atoms with Gasteiger partial charge >= 0.3 is 0 Å². The quantitative estimate of drug-likeness (QED) is 0.331. The first-order chi connectivity index (χ1) is 18.5. The highest BCUT2D eigenvalue weighted by atomic mass is 79.9. The summed E-state index contributed by atoms with van der Waals surface area (Å²) in [5, 5.41) is 7.02. The molecule has 0 bridgehead atoms. The van der Waals surface area contributed by atoms with Crippen molar-refractivity contribution in [3.63, 3.8) is 0 Å². The minimum Gasteiger partial charge on any atom is -0.382 e. The van der Waals surface area contributed by atoms with Gasteiger partial charge in [-0.05, 0) is 77.8 Å². The summed E-state index contributed by atoms with van der Waals surface area (Å²) < 4.78 is 27.9. The zero-order valence-corrected chi connectivity index (χ0v) is 25.7. The Bertz CT molecular complexity index is 1130. The molecule has 1 aliphatic heterocycles. The SMILES string of the molecule is CC[C@H](NC)C(=O)N[C@H](C(=O)N1CCC[C@H]1Cc1c(Br)n(CCOCCOC)c2cc(F)ccc12)C(C)(C)C. The number of likely N-dealkylation sites (N-methyl/N-ethyl adjacent to an activating group) is 1. The highest BCUT2D eigenvalue weighted by Crippen LogP contribution is 2.35. The number of nitrogens with zero attached hydrogens (tertiary/aromatic N) is 2. The predicted molar refractivity (Wildman–Crippen MR) is 155 cm³/mol. The molecule has 0 spiro atoms. The fraction of sp³-hybridized carbons (Fsp3) is 0.655. The van der Waals surface area contributed by atoms with Gasteiger partial charge in [0.25, 0.3) is 0 Å². The molecule has 10 heteroatoms. The average molecular weight is 612 g/mol. The highest BCUT2D eigenvalue weighted by molar-refractivity contribution is 9.10. The molecule has 0 unspecified atom stereocenters. The second-order valence-corrected chi connectivity index (χ2v) is 12.0. The van der Waals surface area contributed by atoms with Crippen LogP contribution in [0.15, 0.2) is 22.8 Å². The molecule has 3 atom stereocenters. The topological polar surface area (TPSA) is 84.8 Å². The molecule has 1 aliphatic rings. The van der Waals surface area contributed by atoms with Gasteiger partial charge in [-0.1, -0.05) is 27.7 Å². The van der Waals surface area contributed by atoms with Gasteiger partial charge in [0.05, 0.1) is 36.0 Å². The Kier molecular flexibility index (Phi) is 11.4. The van der Waals surface area contributed by atoms with Gasteiger partial charge in [0.15, 0.2) is 0 Å². The Labute approximate surface area is 240 Å². The van der Waals surface area contributed by atoms with Crippen LogP contribution in [0.5, 0.6) is 0 Å². The summed E-state index contributed by atoms with van der Waals surface area (Å²) in [6.07, 6.45) is 3.03. The number of likely N-dealkylation sites (tertiary alicyclic amines) is 1. The Hall–Kier alpha value is -2.01. The maximum absolute atomic E-state index is 14.3. The summed E-state index contributed by atoms with van der Waals surface area (Å²) in [4.78, 5) is 28.8. The zero-order chi connectivity index (χ0) is 28.7. The number of ether oxygens (including phenoxy) is 2. The molecule has 0 radical (unpaired) electrons. The van der Waals surface area contributed by atoms with E-state index in [0.29, 0.717) is 45.8 Å². The van der Waals surface area contributed by atoms with E-state index in [1.165, 1.54) is 6.07 Å². The Balaban J connectivity index is 1.85. The van der Waals surface area contributed by atoms with Crippen molar-refractivity contribution < 1.29 is 23.5 Å². The number of amides is 2. The van der Waals surface area contributed by atoms with Crippen molar-refractivity contribution in [3.8, 4) is 0 Å². The van der Waals surface area contributed by atoms with Crippen LogP contribution in [0.4, 0.5) is 4.39 Å². The lowest BCUT2D eigenvalue weighted by Crippen LogP contribution is -2.58.